The number of ketones is 6. The van der Waals surface area contributed by atoms with Gasteiger partial charge in [-0.3, -0.25) is 0 Å². The molecule has 0 aromatic heterocycles. The molecule has 0 aliphatic rings. The number of hydrogen-bond donors (Lipinski definition) is 0. The summed E-state index contributed by atoms with van der Waals surface area (Å²) in [6, 6.07) is 26.2. The largest absolute Gasteiger partial charge is 3.00 e. The summed E-state index contributed by atoms with van der Waals surface area (Å²) < 4.78 is 0. The summed E-state index contributed by atoms with van der Waals surface area (Å²) in [4.78, 5) is 65.2. The van der Waals surface area contributed by atoms with E-state index in [1.54, 1.807) is 72.8 Å². The molecule has 0 fully saturated rings. The van der Waals surface area contributed by atoms with E-state index in [-0.39, 0.29) is 73.3 Å². The van der Waals surface area contributed by atoms with Gasteiger partial charge < -0.3 is 28.8 Å². The van der Waals surface area contributed by atoms with E-state index in [9.17, 15) is 28.8 Å². The molecule has 0 unspecified atom stereocenters. The fourth-order valence-electron chi connectivity index (χ4n) is 2.61. The van der Waals surface area contributed by atoms with Crippen LogP contribution >= 0.6 is 0 Å². The summed E-state index contributed by atoms with van der Waals surface area (Å²) in [6.07, 6.45) is 3.28. The molecule has 3 aromatic rings. The van der Waals surface area contributed by atoms with Crippen LogP contribution in [0, 0.1) is 57.9 Å². The standard InChI is InChI=1S/3C10H9O2.Tb/c3*1-8(11)7-10(12)9-5-3-2-4-6-9;/h3*2-7H,1H3;/q3*-1;+3. The maximum absolute atomic E-state index is 11.2. The van der Waals surface area contributed by atoms with E-state index in [1.165, 1.54) is 20.8 Å². The maximum atomic E-state index is 11.2. The third-order valence-electron chi connectivity index (χ3n) is 4.18. The summed E-state index contributed by atoms with van der Waals surface area (Å²) in [6.45, 7) is 4.09. The minimum absolute atomic E-state index is 0. The van der Waals surface area contributed by atoms with Gasteiger partial charge in [0.05, 0.1) is 17.3 Å². The van der Waals surface area contributed by atoms with Gasteiger partial charge in [-0.05, 0) is 20.8 Å². The molecule has 0 atom stereocenters. The molecule has 0 spiro atoms. The van der Waals surface area contributed by atoms with E-state index in [1.807, 2.05) is 18.2 Å². The van der Waals surface area contributed by atoms with Gasteiger partial charge in [-0.2, -0.15) is 0 Å². The topological polar surface area (TPSA) is 102 Å². The van der Waals surface area contributed by atoms with Crippen LogP contribution in [0.4, 0.5) is 0 Å². The zero-order valence-electron chi connectivity index (χ0n) is 20.7. The first-order chi connectivity index (χ1) is 17.1. The molecule has 0 bridgehead atoms. The van der Waals surface area contributed by atoms with Crippen molar-refractivity contribution in [3.63, 3.8) is 0 Å². The number of carbonyl (C=O) groups is 6. The summed E-state index contributed by atoms with van der Waals surface area (Å²) in [5.41, 5.74) is 1.65. The van der Waals surface area contributed by atoms with E-state index in [0.29, 0.717) is 16.7 Å². The molecular weight excluding hydrogens is 615 g/mol. The van der Waals surface area contributed by atoms with Crippen molar-refractivity contribution in [3.8, 4) is 0 Å². The zero-order valence-corrected chi connectivity index (χ0v) is 22.8. The molecule has 0 amide bonds. The second kappa shape index (κ2) is 18.8. The summed E-state index contributed by atoms with van der Waals surface area (Å²) in [5.74, 6) is -1.36. The predicted octanol–water partition coefficient (Wildman–Crippen LogP) is 4.99. The van der Waals surface area contributed by atoms with Crippen molar-refractivity contribution in [1.82, 2.24) is 0 Å². The van der Waals surface area contributed by atoms with Gasteiger partial charge in [0.2, 0.25) is 0 Å². The number of rotatable bonds is 9. The van der Waals surface area contributed by atoms with E-state index in [2.05, 4.69) is 0 Å². The van der Waals surface area contributed by atoms with Crippen LogP contribution in [0.5, 0.6) is 0 Å². The molecule has 37 heavy (non-hydrogen) atoms. The first-order valence-corrected chi connectivity index (χ1v) is 10.9. The van der Waals surface area contributed by atoms with E-state index in [4.69, 9.17) is 0 Å². The van der Waals surface area contributed by atoms with Crippen molar-refractivity contribution >= 4 is 34.7 Å². The Kier molecular flexibility index (Phi) is 17.1. The predicted molar refractivity (Wildman–Crippen MR) is 137 cm³/mol. The molecule has 0 aliphatic carbocycles. The van der Waals surface area contributed by atoms with Crippen molar-refractivity contribution in [2.24, 2.45) is 0 Å². The van der Waals surface area contributed by atoms with Gasteiger partial charge in [0.15, 0.2) is 0 Å². The van der Waals surface area contributed by atoms with Gasteiger partial charge in [0.25, 0.3) is 0 Å². The average molecular weight is 642 g/mol. The Morgan fingerprint density at radius 1 is 0.405 bits per heavy atom. The van der Waals surface area contributed by atoms with E-state index < -0.39 is 0 Å². The van der Waals surface area contributed by atoms with Crippen LogP contribution in [0.25, 0.3) is 0 Å². The Morgan fingerprint density at radius 3 is 0.757 bits per heavy atom. The first kappa shape index (κ1) is 33.6. The summed E-state index contributed by atoms with van der Waals surface area (Å²) in [5, 5.41) is 0. The van der Waals surface area contributed by atoms with E-state index in [0.717, 1.165) is 19.3 Å². The molecule has 0 N–H and O–H groups in total. The number of carbonyl (C=O) groups excluding carboxylic acids is 6. The molecular formula is C30H27O6Tb. The second-order valence-electron chi connectivity index (χ2n) is 7.46. The van der Waals surface area contributed by atoms with Gasteiger partial charge in [-0.25, -0.2) is 0 Å². The van der Waals surface area contributed by atoms with Gasteiger partial charge in [-0.15, -0.1) is 72.4 Å². The van der Waals surface area contributed by atoms with Gasteiger partial charge in [-0.1, -0.05) is 54.6 Å². The Bertz CT molecular complexity index is 1020. The molecule has 7 heteroatoms. The molecule has 6 nitrogen and oxygen atoms in total. The third-order valence-corrected chi connectivity index (χ3v) is 4.18. The fraction of sp³-hybridized carbons (Fsp3) is 0.100. The molecule has 0 radical (unpaired) electrons. The van der Waals surface area contributed by atoms with Crippen LogP contribution in [-0.4, -0.2) is 34.7 Å². The smallest absolute Gasteiger partial charge is 0.331 e. The monoisotopic (exact) mass is 642 g/mol. The van der Waals surface area contributed by atoms with E-state index >= 15 is 0 Å². The van der Waals surface area contributed by atoms with Crippen LogP contribution < -0.4 is 0 Å². The molecule has 3 rings (SSSR count). The number of benzene rings is 3. The van der Waals surface area contributed by atoms with Crippen LogP contribution in [-0.2, 0) is 14.4 Å². The van der Waals surface area contributed by atoms with Crippen molar-refractivity contribution in [3.05, 3.63) is 127 Å². The number of Topliss-reactive ketones (excluding diaryl/α,β-unsaturated/α-hetero) is 6. The summed E-state index contributed by atoms with van der Waals surface area (Å²) >= 11 is 0. The minimum Gasteiger partial charge on any atom is -0.331 e. The Balaban J connectivity index is 0.000000518. The van der Waals surface area contributed by atoms with Crippen molar-refractivity contribution in [2.75, 3.05) is 0 Å². The molecule has 0 aliphatic heterocycles. The quantitative estimate of drug-likeness (QED) is 0.185. The zero-order chi connectivity index (χ0) is 26.9. The number of hydrogen-bond acceptors (Lipinski definition) is 6. The molecule has 0 saturated heterocycles. The van der Waals surface area contributed by atoms with Crippen LogP contribution in [0.2, 0.25) is 0 Å². The van der Waals surface area contributed by atoms with Crippen LogP contribution in [0.3, 0.4) is 0 Å². The fourth-order valence-corrected chi connectivity index (χ4v) is 2.61. The van der Waals surface area contributed by atoms with Crippen molar-refractivity contribution in [2.45, 2.75) is 20.8 Å². The third kappa shape index (κ3) is 15.3. The van der Waals surface area contributed by atoms with Crippen LogP contribution in [0.15, 0.2) is 91.0 Å². The Hall–Kier alpha value is -3.42. The normalized spacial score (nSPS) is 8.84. The molecule has 0 saturated carbocycles. The molecule has 3 aromatic carbocycles. The Morgan fingerprint density at radius 2 is 0.595 bits per heavy atom. The maximum Gasteiger partial charge on any atom is 3.00 e. The van der Waals surface area contributed by atoms with Gasteiger partial charge in [0, 0.05) is 17.3 Å². The summed E-state index contributed by atoms with van der Waals surface area (Å²) in [7, 11) is 0. The molecule has 0 heterocycles. The first-order valence-electron chi connectivity index (χ1n) is 10.9. The Labute approximate surface area is 248 Å². The minimum atomic E-state index is -0.233. The van der Waals surface area contributed by atoms with Gasteiger partial charge >= 0.3 is 38.6 Å². The van der Waals surface area contributed by atoms with Crippen LogP contribution in [0.1, 0.15) is 51.8 Å². The molecule has 192 valence electrons. The van der Waals surface area contributed by atoms with Crippen molar-refractivity contribution in [1.29, 1.82) is 0 Å². The second-order valence-corrected chi connectivity index (χ2v) is 7.46. The van der Waals surface area contributed by atoms with Gasteiger partial charge in [0.1, 0.15) is 0 Å². The van der Waals surface area contributed by atoms with Crippen molar-refractivity contribution < 1.29 is 67.4 Å². The average Bonchev–Trinajstić information content (AvgIpc) is 2.85. The SMILES string of the molecule is CC(=O)[CH-]C(=O)c1ccccc1.CC(=O)[CH-]C(=O)c1ccccc1.CC(=O)[CH-]C(=O)c1ccccc1.[Tb+3].